The Morgan fingerprint density at radius 3 is 2.44 bits per heavy atom. The number of hydrogen-bond acceptors (Lipinski definition) is 3. The Morgan fingerprint density at radius 1 is 1.12 bits per heavy atom. The number of aliphatic hydroxyl groups excluding tert-OH is 1. The molecule has 16 heavy (non-hydrogen) atoms. The molecule has 0 bridgehead atoms. The maximum absolute atomic E-state index is 10.1. The number of piperazine rings is 1. The van der Waals surface area contributed by atoms with Crippen LogP contribution in [0.15, 0.2) is 0 Å². The monoisotopic (exact) mass is 226 g/mol. The van der Waals surface area contributed by atoms with Crippen LogP contribution in [0.2, 0.25) is 0 Å². The third kappa shape index (κ3) is 2.41. The molecule has 1 heterocycles. The minimum Gasteiger partial charge on any atom is -0.391 e. The van der Waals surface area contributed by atoms with E-state index in [0.717, 1.165) is 26.1 Å². The molecule has 1 saturated carbocycles. The van der Waals surface area contributed by atoms with E-state index < -0.39 is 0 Å². The lowest BCUT2D eigenvalue weighted by molar-refractivity contribution is -0.0380. The zero-order valence-corrected chi connectivity index (χ0v) is 10.9. The van der Waals surface area contributed by atoms with Crippen LogP contribution in [0.5, 0.6) is 0 Å². The van der Waals surface area contributed by atoms with Crippen LogP contribution in [0.25, 0.3) is 0 Å². The Kier molecular flexibility index (Phi) is 3.57. The molecule has 0 aromatic heterocycles. The van der Waals surface area contributed by atoms with Gasteiger partial charge in [-0.25, -0.2) is 0 Å². The highest BCUT2D eigenvalue weighted by Crippen LogP contribution is 2.27. The van der Waals surface area contributed by atoms with Crippen LogP contribution in [-0.2, 0) is 0 Å². The lowest BCUT2D eigenvalue weighted by Gasteiger charge is -2.49. The Morgan fingerprint density at radius 2 is 1.81 bits per heavy atom. The van der Waals surface area contributed by atoms with Crippen LogP contribution in [0.3, 0.4) is 0 Å². The van der Waals surface area contributed by atoms with E-state index in [4.69, 9.17) is 0 Å². The molecule has 2 fully saturated rings. The highest BCUT2D eigenvalue weighted by molar-refractivity contribution is 4.93. The normalized spacial score (nSPS) is 37.5. The summed E-state index contributed by atoms with van der Waals surface area (Å²) in [4.78, 5) is 4.95. The first-order valence-corrected chi connectivity index (χ1v) is 6.64. The van der Waals surface area contributed by atoms with Gasteiger partial charge in [0.15, 0.2) is 0 Å². The van der Waals surface area contributed by atoms with Crippen LogP contribution in [0.1, 0.15) is 39.5 Å². The lowest BCUT2D eigenvalue weighted by atomic mass is 9.89. The molecule has 0 radical (unpaired) electrons. The summed E-state index contributed by atoms with van der Waals surface area (Å²) < 4.78 is 0. The predicted molar refractivity (Wildman–Crippen MR) is 66.5 cm³/mol. The second-order valence-corrected chi connectivity index (χ2v) is 6.12. The molecule has 94 valence electrons. The van der Waals surface area contributed by atoms with Gasteiger partial charge in [0.25, 0.3) is 0 Å². The van der Waals surface area contributed by atoms with E-state index in [0.29, 0.717) is 6.04 Å². The highest BCUT2D eigenvalue weighted by Gasteiger charge is 2.37. The fourth-order valence-corrected chi connectivity index (χ4v) is 3.08. The average molecular weight is 226 g/mol. The smallest absolute Gasteiger partial charge is 0.0695 e. The third-order valence-corrected chi connectivity index (χ3v) is 4.51. The summed E-state index contributed by atoms with van der Waals surface area (Å²) in [6.07, 6.45) is 4.58. The Labute approximate surface area is 99.4 Å². The molecule has 0 aromatic carbocycles. The summed E-state index contributed by atoms with van der Waals surface area (Å²) in [5, 5.41) is 10.1. The molecule has 0 spiro atoms. The largest absolute Gasteiger partial charge is 0.391 e. The topological polar surface area (TPSA) is 26.7 Å². The zero-order chi connectivity index (χ0) is 11.8. The van der Waals surface area contributed by atoms with Gasteiger partial charge in [0.1, 0.15) is 0 Å². The van der Waals surface area contributed by atoms with Crippen LogP contribution < -0.4 is 0 Å². The van der Waals surface area contributed by atoms with Gasteiger partial charge < -0.3 is 5.11 Å². The summed E-state index contributed by atoms with van der Waals surface area (Å²) in [7, 11) is 2.20. The number of nitrogens with zero attached hydrogens (tertiary/aromatic N) is 2. The van der Waals surface area contributed by atoms with Gasteiger partial charge in [-0.05, 0) is 33.7 Å². The molecule has 2 aliphatic rings. The van der Waals surface area contributed by atoms with Crippen LogP contribution in [-0.4, -0.2) is 59.3 Å². The zero-order valence-electron chi connectivity index (χ0n) is 10.9. The van der Waals surface area contributed by atoms with E-state index in [1.165, 1.54) is 19.3 Å². The first-order valence-electron chi connectivity index (χ1n) is 6.64. The molecular weight excluding hydrogens is 200 g/mol. The fourth-order valence-electron chi connectivity index (χ4n) is 3.08. The molecule has 1 N–H and O–H groups in total. The van der Waals surface area contributed by atoms with Crippen LogP contribution in [0.4, 0.5) is 0 Å². The summed E-state index contributed by atoms with van der Waals surface area (Å²) in [6, 6.07) is 0.418. The van der Waals surface area contributed by atoms with Crippen molar-refractivity contribution in [3.63, 3.8) is 0 Å². The summed E-state index contributed by atoms with van der Waals surface area (Å²) >= 11 is 0. The minimum absolute atomic E-state index is 0.0899. The fraction of sp³-hybridized carbons (Fsp3) is 1.00. The summed E-state index contributed by atoms with van der Waals surface area (Å²) in [6.45, 7) is 7.92. The average Bonchev–Trinajstić information content (AvgIpc) is 2.23. The van der Waals surface area contributed by atoms with Crippen LogP contribution in [0, 0.1) is 0 Å². The molecule has 1 aliphatic carbocycles. The molecule has 0 amide bonds. The van der Waals surface area contributed by atoms with Gasteiger partial charge >= 0.3 is 0 Å². The van der Waals surface area contributed by atoms with E-state index in [-0.39, 0.29) is 11.6 Å². The minimum atomic E-state index is -0.0899. The molecule has 2 rings (SSSR count). The van der Waals surface area contributed by atoms with Crippen molar-refractivity contribution in [3.8, 4) is 0 Å². The maximum Gasteiger partial charge on any atom is 0.0695 e. The number of likely N-dealkylation sites (N-methyl/N-ethyl adjacent to an activating group) is 1. The Hall–Kier alpha value is -0.120. The van der Waals surface area contributed by atoms with Crippen molar-refractivity contribution in [2.24, 2.45) is 0 Å². The van der Waals surface area contributed by atoms with Gasteiger partial charge in [-0.3, -0.25) is 9.80 Å². The number of hydrogen-bond donors (Lipinski definition) is 1. The summed E-state index contributed by atoms with van der Waals surface area (Å²) in [5.41, 5.74) is 0.245. The van der Waals surface area contributed by atoms with Gasteiger partial charge in [0, 0.05) is 31.2 Å². The van der Waals surface area contributed by atoms with Crippen molar-refractivity contribution in [2.45, 2.75) is 57.2 Å². The van der Waals surface area contributed by atoms with Gasteiger partial charge in [0.05, 0.1) is 6.10 Å². The van der Waals surface area contributed by atoms with Crippen molar-refractivity contribution in [2.75, 3.05) is 26.7 Å². The van der Waals surface area contributed by atoms with Crippen molar-refractivity contribution in [1.29, 1.82) is 0 Å². The van der Waals surface area contributed by atoms with Crippen LogP contribution >= 0.6 is 0 Å². The molecule has 1 saturated heterocycles. The van der Waals surface area contributed by atoms with Crippen molar-refractivity contribution >= 4 is 0 Å². The highest BCUT2D eigenvalue weighted by atomic mass is 16.3. The molecule has 0 aromatic rings. The standard InChI is InChI=1S/C13H26N2O/c1-13(2)10-15(9-8-14(13)3)11-6-4-5-7-12(11)16/h11-12,16H,4-10H2,1-3H3/t11-,12-/m1/s1. The SMILES string of the molecule is CN1CCN([C@@H]2CCCC[C@H]2O)CC1(C)C. The second-order valence-electron chi connectivity index (χ2n) is 6.12. The molecule has 3 nitrogen and oxygen atoms in total. The predicted octanol–water partition coefficient (Wildman–Crippen LogP) is 1.32. The molecule has 2 atom stereocenters. The number of aliphatic hydroxyl groups is 1. The van der Waals surface area contributed by atoms with Gasteiger partial charge in [-0.15, -0.1) is 0 Å². The van der Waals surface area contributed by atoms with Gasteiger partial charge in [-0.2, -0.15) is 0 Å². The van der Waals surface area contributed by atoms with E-state index >= 15 is 0 Å². The van der Waals surface area contributed by atoms with Gasteiger partial charge in [-0.1, -0.05) is 12.8 Å². The van der Waals surface area contributed by atoms with E-state index in [9.17, 15) is 5.11 Å². The quantitative estimate of drug-likeness (QED) is 0.730. The molecule has 0 unspecified atom stereocenters. The Bertz CT molecular complexity index is 242. The van der Waals surface area contributed by atoms with Crippen molar-refractivity contribution in [3.05, 3.63) is 0 Å². The number of rotatable bonds is 1. The van der Waals surface area contributed by atoms with Crippen molar-refractivity contribution < 1.29 is 5.11 Å². The lowest BCUT2D eigenvalue weighted by Crippen LogP contribution is -2.61. The first-order chi connectivity index (χ1) is 7.50. The maximum atomic E-state index is 10.1. The molecular formula is C13H26N2O. The molecule has 1 aliphatic heterocycles. The Balaban J connectivity index is 1.99. The van der Waals surface area contributed by atoms with E-state index in [2.05, 4.69) is 30.7 Å². The van der Waals surface area contributed by atoms with E-state index in [1.807, 2.05) is 0 Å². The second kappa shape index (κ2) is 4.63. The van der Waals surface area contributed by atoms with Crippen molar-refractivity contribution in [1.82, 2.24) is 9.80 Å². The van der Waals surface area contributed by atoms with Gasteiger partial charge in [0.2, 0.25) is 0 Å². The van der Waals surface area contributed by atoms with E-state index in [1.54, 1.807) is 0 Å². The third-order valence-electron chi connectivity index (χ3n) is 4.51. The first kappa shape index (κ1) is 12.3. The molecule has 3 heteroatoms. The summed E-state index contributed by atoms with van der Waals surface area (Å²) in [5.74, 6) is 0.